The number of hydrogen-bond donors (Lipinski definition) is 0. The first kappa shape index (κ1) is 38.6. The van der Waals surface area contributed by atoms with Gasteiger partial charge in [-0.05, 0) is 52.0 Å². The molecule has 2 rings (SSSR count). The van der Waals surface area contributed by atoms with E-state index in [0.29, 0.717) is 6.61 Å². The monoisotopic (exact) mass is 626 g/mol. The molecule has 44 heavy (non-hydrogen) atoms. The van der Waals surface area contributed by atoms with Crippen LogP contribution in [0.1, 0.15) is 176 Å². The third-order valence-electron chi connectivity index (χ3n) is 8.37. The average Bonchev–Trinajstić information content (AvgIpc) is 2.90. The van der Waals surface area contributed by atoms with E-state index in [1.807, 2.05) is 0 Å². The summed E-state index contributed by atoms with van der Waals surface area (Å²) in [5.74, 6) is 1.85. The van der Waals surface area contributed by atoms with Crippen molar-refractivity contribution in [1.29, 1.82) is 0 Å². The van der Waals surface area contributed by atoms with Crippen LogP contribution in [0.25, 0.3) is 0 Å². The molecule has 0 spiro atoms. The lowest BCUT2D eigenvalue weighted by Crippen LogP contribution is -2.22. The zero-order valence-corrected chi connectivity index (χ0v) is 32.2. The highest BCUT2D eigenvalue weighted by Gasteiger charge is 2.34. The molecular weight excluding hydrogens is 559 g/mol. The number of hydrogen-bond acceptors (Lipinski definition) is 3. The molecule has 0 unspecified atom stereocenters. The van der Waals surface area contributed by atoms with Gasteiger partial charge in [0.1, 0.15) is 11.5 Å². The molecule has 0 amide bonds. The van der Waals surface area contributed by atoms with Crippen molar-refractivity contribution in [3.8, 4) is 11.5 Å². The lowest BCUT2D eigenvalue weighted by atomic mass is 9.78. The molecule has 0 aliphatic rings. The van der Waals surface area contributed by atoms with E-state index in [-0.39, 0.29) is 21.7 Å². The van der Waals surface area contributed by atoms with Gasteiger partial charge in [0, 0.05) is 22.3 Å². The van der Waals surface area contributed by atoms with Crippen LogP contribution in [0.3, 0.4) is 0 Å². The van der Waals surface area contributed by atoms with E-state index < -0.39 is 8.60 Å². The summed E-state index contributed by atoms with van der Waals surface area (Å²) < 4.78 is 20.8. The molecule has 0 aliphatic heterocycles. The van der Waals surface area contributed by atoms with E-state index in [2.05, 4.69) is 128 Å². The molecule has 3 nitrogen and oxygen atoms in total. The molecule has 0 saturated heterocycles. The molecular formula is C40H67O3P. The van der Waals surface area contributed by atoms with Gasteiger partial charge in [-0.15, -0.1) is 0 Å². The Bertz CT molecular complexity index is 1030. The Morgan fingerprint density at radius 2 is 0.795 bits per heavy atom. The standard InChI is InChI=1S/C40H67O3P/c1-16-19-20-21-22-23-24-41-44(42-35-31(37(4,5)6)25-29(17-2)26-32(35)38(7,8)9)43-36-33(39(10,11)12)27-30(18-3)28-34(36)40(13,14)15/h25-28H,16-24H2,1-15H3. The molecule has 0 saturated carbocycles. The van der Waals surface area contributed by atoms with E-state index in [4.69, 9.17) is 13.6 Å². The van der Waals surface area contributed by atoms with Crippen LogP contribution >= 0.6 is 8.60 Å². The van der Waals surface area contributed by atoms with Gasteiger partial charge in [0.25, 0.3) is 0 Å². The van der Waals surface area contributed by atoms with Crippen molar-refractivity contribution in [2.45, 2.75) is 177 Å². The van der Waals surface area contributed by atoms with E-state index in [1.54, 1.807) is 0 Å². The van der Waals surface area contributed by atoms with E-state index >= 15 is 0 Å². The molecule has 0 bridgehead atoms. The maximum atomic E-state index is 7.09. The summed E-state index contributed by atoms with van der Waals surface area (Å²) in [4.78, 5) is 0. The fraction of sp³-hybridized carbons (Fsp3) is 0.700. The Labute approximate surface area is 274 Å². The van der Waals surface area contributed by atoms with Gasteiger partial charge in [-0.2, -0.15) is 0 Å². The van der Waals surface area contributed by atoms with Crippen molar-refractivity contribution < 1.29 is 13.6 Å². The quantitative estimate of drug-likeness (QED) is 0.154. The first-order valence-corrected chi connectivity index (χ1v) is 18.5. The normalized spacial score (nSPS) is 13.1. The molecule has 0 atom stereocenters. The summed E-state index contributed by atoms with van der Waals surface area (Å²) in [6.07, 6.45) is 9.25. The largest absolute Gasteiger partial charge is 0.463 e. The summed E-state index contributed by atoms with van der Waals surface area (Å²) in [5.41, 5.74) is 7.14. The zero-order valence-electron chi connectivity index (χ0n) is 31.3. The van der Waals surface area contributed by atoms with Gasteiger partial charge in [-0.25, -0.2) is 0 Å². The van der Waals surface area contributed by atoms with Crippen LogP contribution in [-0.4, -0.2) is 6.61 Å². The van der Waals surface area contributed by atoms with Gasteiger partial charge < -0.3 is 9.05 Å². The molecule has 0 aliphatic carbocycles. The van der Waals surface area contributed by atoms with Crippen LogP contribution in [0.2, 0.25) is 0 Å². The zero-order chi connectivity index (χ0) is 33.5. The third-order valence-corrected chi connectivity index (χ3v) is 9.43. The van der Waals surface area contributed by atoms with Gasteiger partial charge in [0.05, 0.1) is 6.61 Å². The minimum atomic E-state index is -1.72. The van der Waals surface area contributed by atoms with Crippen LogP contribution in [0.5, 0.6) is 11.5 Å². The summed E-state index contributed by atoms with van der Waals surface area (Å²) in [6.45, 7) is 34.7. The van der Waals surface area contributed by atoms with Gasteiger partial charge in [-0.3, -0.25) is 4.52 Å². The van der Waals surface area contributed by atoms with E-state index in [9.17, 15) is 0 Å². The van der Waals surface area contributed by atoms with Crippen LogP contribution in [0, 0.1) is 0 Å². The van der Waals surface area contributed by atoms with Crippen molar-refractivity contribution in [1.82, 2.24) is 0 Å². The highest BCUT2D eigenvalue weighted by Crippen LogP contribution is 2.52. The third kappa shape index (κ3) is 11.0. The maximum Gasteiger partial charge on any atom is 0.463 e. The molecule has 4 heteroatoms. The Balaban J connectivity index is 2.72. The van der Waals surface area contributed by atoms with E-state index in [1.165, 1.54) is 65.5 Å². The summed E-state index contributed by atoms with van der Waals surface area (Å²) in [7, 11) is -1.72. The van der Waals surface area contributed by atoms with E-state index in [0.717, 1.165) is 30.8 Å². The number of benzene rings is 2. The predicted molar refractivity (Wildman–Crippen MR) is 194 cm³/mol. The Morgan fingerprint density at radius 3 is 1.09 bits per heavy atom. The lowest BCUT2D eigenvalue weighted by molar-refractivity contribution is 0.253. The van der Waals surface area contributed by atoms with Crippen LogP contribution < -0.4 is 9.05 Å². The molecule has 250 valence electrons. The van der Waals surface area contributed by atoms with Gasteiger partial charge in [0.2, 0.25) is 0 Å². The second kappa shape index (κ2) is 15.8. The van der Waals surface area contributed by atoms with Crippen molar-refractivity contribution in [3.63, 3.8) is 0 Å². The van der Waals surface area contributed by atoms with Crippen LogP contribution in [-0.2, 0) is 39.0 Å². The SMILES string of the molecule is CCCCCCCCOP(Oc1c(C(C)(C)C)cc(CC)cc1C(C)(C)C)Oc1c(C(C)(C)C)cc(CC)cc1C(C)(C)C. The minimum Gasteiger partial charge on any atom is -0.417 e. The predicted octanol–water partition coefficient (Wildman–Crippen LogP) is 13.1. The first-order chi connectivity index (χ1) is 20.2. The van der Waals surface area contributed by atoms with Gasteiger partial charge in [-0.1, -0.05) is 160 Å². The molecule has 2 aromatic carbocycles. The molecule has 2 aromatic rings. The minimum absolute atomic E-state index is 0.100. The smallest absolute Gasteiger partial charge is 0.417 e. The topological polar surface area (TPSA) is 27.7 Å². The van der Waals surface area contributed by atoms with Crippen molar-refractivity contribution >= 4 is 8.60 Å². The average molecular weight is 627 g/mol. The highest BCUT2D eigenvalue weighted by atomic mass is 31.2. The Morgan fingerprint density at radius 1 is 0.477 bits per heavy atom. The molecule has 0 heterocycles. The van der Waals surface area contributed by atoms with Gasteiger partial charge in [0.15, 0.2) is 0 Å². The second-order valence-electron chi connectivity index (χ2n) is 16.8. The van der Waals surface area contributed by atoms with Crippen molar-refractivity contribution in [2.75, 3.05) is 6.61 Å². The fourth-order valence-corrected chi connectivity index (χ4v) is 6.56. The Kier molecular flexibility index (Phi) is 13.9. The lowest BCUT2D eigenvalue weighted by Gasteiger charge is -2.34. The van der Waals surface area contributed by atoms with Crippen LogP contribution in [0.4, 0.5) is 0 Å². The fourth-order valence-electron chi connectivity index (χ4n) is 5.45. The van der Waals surface area contributed by atoms with Crippen molar-refractivity contribution in [2.24, 2.45) is 0 Å². The second-order valence-corrected chi connectivity index (χ2v) is 17.8. The van der Waals surface area contributed by atoms with Crippen LogP contribution in [0.15, 0.2) is 24.3 Å². The summed E-state index contributed by atoms with van der Waals surface area (Å²) >= 11 is 0. The highest BCUT2D eigenvalue weighted by molar-refractivity contribution is 7.42. The number of aryl methyl sites for hydroxylation is 2. The molecule has 0 fully saturated rings. The number of unbranched alkanes of at least 4 members (excludes halogenated alkanes) is 5. The van der Waals surface area contributed by atoms with Gasteiger partial charge >= 0.3 is 8.60 Å². The summed E-state index contributed by atoms with van der Waals surface area (Å²) in [5, 5.41) is 0. The van der Waals surface area contributed by atoms with Crippen molar-refractivity contribution in [3.05, 3.63) is 57.6 Å². The maximum absolute atomic E-state index is 7.09. The first-order valence-electron chi connectivity index (χ1n) is 17.4. The molecule has 0 aromatic heterocycles. The Hall–Kier alpha value is -1.57. The number of rotatable bonds is 14. The summed E-state index contributed by atoms with van der Waals surface area (Å²) in [6, 6.07) is 9.35. The molecule has 0 radical (unpaired) electrons. The molecule has 0 N–H and O–H groups in total.